The predicted octanol–water partition coefficient (Wildman–Crippen LogP) is 3.82. The van der Waals surface area contributed by atoms with E-state index in [1.165, 1.54) is 4.31 Å². The summed E-state index contributed by atoms with van der Waals surface area (Å²) in [5, 5.41) is 12.4. The summed E-state index contributed by atoms with van der Waals surface area (Å²) in [5.41, 5.74) is 4.30. The largest absolute Gasteiger partial charge is 0.438 e. The second-order valence-corrected chi connectivity index (χ2v) is 11.7. The number of rotatable bonds is 8. The Labute approximate surface area is 224 Å². The van der Waals surface area contributed by atoms with Gasteiger partial charge in [-0.2, -0.15) is 27.3 Å². The molecule has 2 aromatic carbocycles. The number of aryl methyl sites for hydroxylation is 2. The van der Waals surface area contributed by atoms with Crippen LogP contribution in [0.3, 0.4) is 0 Å². The summed E-state index contributed by atoms with van der Waals surface area (Å²) in [6.07, 6.45) is 2.43. The van der Waals surface area contributed by atoms with Crippen LogP contribution in [0.4, 0.5) is 11.6 Å². The third-order valence-corrected chi connectivity index (χ3v) is 8.32. The molecule has 1 saturated heterocycles. The van der Waals surface area contributed by atoms with Crippen LogP contribution in [0.5, 0.6) is 11.6 Å². The number of anilines is 2. The number of hydrogen-bond donors (Lipinski definition) is 1. The fourth-order valence-electron chi connectivity index (χ4n) is 4.39. The van der Waals surface area contributed by atoms with Crippen molar-refractivity contribution in [3.63, 3.8) is 0 Å². The van der Waals surface area contributed by atoms with Gasteiger partial charge in [-0.05, 0) is 67.8 Å². The van der Waals surface area contributed by atoms with Gasteiger partial charge in [0.1, 0.15) is 5.75 Å². The Morgan fingerprint density at radius 3 is 2.42 bits per heavy atom. The standard InChI is InChI=1S/C27H33N7O3S/c1-20-16-23(18-28)17-21(2)26(20)37-25-10-11-29-27(31-25)30-24-8-6-22(7-9-24)19-33-12-5-13-34(15-14-33)38(35,36)32(3)4/h6-11,16-17H,5,12-15,19H2,1-4H3,(H,29,30,31). The maximum Gasteiger partial charge on any atom is 0.281 e. The van der Waals surface area contributed by atoms with Gasteiger partial charge >= 0.3 is 0 Å². The van der Waals surface area contributed by atoms with Crippen LogP contribution < -0.4 is 10.1 Å². The molecule has 2 heterocycles. The molecule has 0 amide bonds. The Balaban J connectivity index is 1.36. The minimum absolute atomic E-state index is 0.404. The molecular weight excluding hydrogens is 502 g/mol. The summed E-state index contributed by atoms with van der Waals surface area (Å²) in [6, 6.07) is 15.5. The van der Waals surface area contributed by atoms with Crippen molar-refractivity contribution in [1.29, 1.82) is 5.26 Å². The first-order chi connectivity index (χ1) is 18.2. The Morgan fingerprint density at radius 2 is 1.76 bits per heavy atom. The number of aromatic nitrogens is 2. The second-order valence-electron chi connectivity index (χ2n) is 9.51. The lowest BCUT2D eigenvalue weighted by Gasteiger charge is -2.24. The van der Waals surface area contributed by atoms with Crippen molar-refractivity contribution < 1.29 is 13.2 Å². The third kappa shape index (κ3) is 6.65. The molecule has 4 rings (SSSR count). The van der Waals surface area contributed by atoms with Crippen molar-refractivity contribution in [3.05, 3.63) is 70.9 Å². The molecule has 1 aliphatic rings. The zero-order chi connectivity index (χ0) is 27.3. The maximum atomic E-state index is 12.5. The molecule has 3 aromatic rings. The Hall–Kier alpha value is -3.56. The van der Waals surface area contributed by atoms with Crippen molar-refractivity contribution in [2.75, 3.05) is 45.6 Å². The highest BCUT2D eigenvalue weighted by atomic mass is 32.2. The van der Waals surface area contributed by atoms with Crippen LogP contribution in [0.15, 0.2) is 48.7 Å². The Morgan fingerprint density at radius 1 is 1.05 bits per heavy atom. The molecule has 0 unspecified atom stereocenters. The van der Waals surface area contributed by atoms with Gasteiger partial charge in [-0.15, -0.1) is 0 Å². The SMILES string of the molecule is Cc1cc(C#N)cc(C)c1Oc1ccnc(Nc2ccc(CN3CCCN(S(=O)(=O)N(C)C)CC3)cc2)n1. The van der Waals surface area contributed by atoms with E-state index in [9.17, 15) is 8.42 Å². The van der Waals surface area contributed by atoms with Crippen molar-refractivity contribution in [2.24, 2.45) is 0 Å². The minimum Gasteiger partial charge on any atom is -0.438 e. The molecule has 0 spiro atoms. The van der Waals surface area contributed by atoms with Crippen molar-refractivity contribution in [1.82, 2.24) is 23.5 Å². The number of benzene rings is 2. The van der Waals surface area contributed by atoms with Gasteiger partial charge in [0.2, 0.25) is 11.8 Å². The average Bonchev–Trinajstić information content (AvgIpc) is 3.13. The number of nitrogens with zero attached hydrogens (tertiary/aromatic N) is 6. The third-order valence-electron chi connectivity index (χ3n) is 6.38. The van der Waals surface area contributed by atoms with Gasteiger partial charge in [0.25, 0.3) is 10.2 Å². The van der Waals surface area contributed by atoms with Crippen molar-refractivity contribution in [3.8, 4) is 17.7 Å². The molecule has 1 fully saturated rings. The maximum absolute atomic E-state index is 12.5. The summed E-state index contributed by atoms with van der Waals surface area (Å²) in [5.74, 6) is 1.49. The minimum atomic E-state index is -3.38. The van der Waals surface area contributed by atoms with E-state index in [0.29, 0.717) is 42.8 Å². The van der Waals surface area contributed by atoms with E-state index < -0.39 is 10.2 Å². The average molecular weight is 536 g/mol. The lowest BCUT2D eigenvalue weighted by molar-refractivity contribution is 0.277. The van der Waals surface area contributed by atoms with Crippen LogP contribution in [-0.4, -0.2) is 72.2 Å². The lowest BCUT2D eigenvalue weighted by atomic mass is 10.1. The highest BCUT2D eigenvalue weighted by molar-refractivity contribution is 7.86. The topological polar surface area (TPSA) is 115 Å². The molecule has 0 saturated carbocycles. The van der Waals surface area contributed by atoms with Gasteiger partial charge in [-0.25, -0.2) is 4.98 Å². The van der Waals surface area contributed by atoms with E-state index in [1.807, 2.05) is 38.1 Å². The molecular formula is C27H33N7O3S. The van der Waals surface area contributed by atoms with E-state index in [4.69, 9.17) is 10.00 Å². The molecule has 38 heavy (non-hydrogen) atoms. The molecule has 0 radical (unpaired) electrons. The Bertz CT molecular complexity index is 1400. The fraction of sp³-hybridized carbons (Fsp3) is 0.370. The molecule has 1 N–H and O–H groups in total. The summed E-state index contributed by atoms with van der Waals surface area (Å²) in [4.78, 5) is 11.1. The van der Waals surface area contributed by atoms with E-state index in [-0.39, 0.29) is 0 Å². The van der Waals surface area contributed by atoms with Gasteiger partial charge in [0.05, 0.1) is 11.6 Å². The summed E-state index contributed by atoms with van der Waals surface area (Å²) >= 11 is 0. The zero-order valence-corrected chi connectivity index (χ0v) is 23.0. The molecule has 0 aliphatic carbocycles. The van der Waals surface area contributed by atoms with E-state index >= 15 is 0 Å². The first-order valence-corrected chi connectivity index (χ1v) is 13.8. The first-order valence-electron chi connectivity index (χ1n) is 12.4. The summed E-state index contributed by atoms with van der Waals surface area (Å²) < 4.78 is 33.8. The quantitative estimate of drug-likeness (QED) is 0.463. The van der Waals surface area contributed by atoms with E-state index in [2.05, 4.69) is 26.3 Å². The number of nitriles is 1. The second kappa shape index (κ2) is 11.9. The molecule has 11 heteroatoms. The monoisotopic (exact) mass is 535 g/mol. The van der Waals surface area contributed by atoms with Crippen LogP contribution in [0.2, 0.25) is 0 Å². The first kappa shape index (κ1) is 27.5. The summed E-state index contributed by atoms with van der Waals surface area (Å²) in [7, 11) is -0.247. The molecule has 1 aromatic heterocycles. The number of hydrogen-bond acceptors (Lipinski definition) is 8. The molecule has 1 aliphatic heterocycles. The Kier molecular flexibility index (Phi) is 8.58. The molecule has 10 nitrogen and oxygen atoms in total. The van der Waals surface area contributed by atoms with Crippen LogP contribution >= 0.6 is 0 Å². The lowest BCUT2D eigenvalue weighted by Crippen LogP contribution is -2.42. The van der Waals surface area contributed by atoms with E-state index in [0.717, 1.165) is 41.9 Å². The van der Waals surface area contributed by atoms with Crippen molar-refractivity contribution in [2.45, 2.75) is 26.8 Å². The number of nitrogens with one attached hydrogen (secondary N) is 1. The van der Waals surface area contributed by atoms with Crippen molar-refractivity contribution >= 4 is 21.8 Å². The van der Waals surface area contributed by atoms with Crippen LogP contribution in [0.25, 0.3) is 0 Å². The highest BCUT2D eigenvalue weighted by Crippen LogP contribution is 2.29. The predicted molar refractivity (Wildman–Crippen MR) is 147 cm³/mol. The van der Waals surface area contributed by atoms with Gasteiger partial charge in [-0.1, -0.05) is 12.1 Å². The number of ether oxygens (including phenoxy) is 1. The van der Waals surface area contributed by atoms with E-state index in [1.54, 1.807) is 42.8 Å². The van der Waals surface area contributed by atoms with Crippen LogP contribution in [-0.2, 0) is 16.8 Å². The van der Waals surface area contributed by atoms with Gasteiger partial charge in [0.15, 0.2) is 0 Å². The smallest absolute Gasteiger partial charge is 0.281 e. The normalized spacial score (nSPS) is 15.2. The zero-order valence-electron chi connectivity index (χ0n) is 22.2. The molecule has 0 atom stereocenters. The van der Waals surface area contributed by atoms with Crippen LogP contribution in [0.1, 0.15) is 28.7 Å². The van der Waals surface area contributed by atoms with Crippen LogP contribution in [0, 0.1) is 25.2 Å². The van der Waals surface area contributed by atoms with Gasteiger partial charge in [0, 0.05) is 58.2 Å². The molecule has 200 valence electrons. The molecule has 0 bridgehead atoms. The highest BCUT2D eigenvalue weighted by Gasteiger charge is 2.26. The fourth-order valence-corrected chi connectivity index (χ4v) is 5.52. The summed E-state index contributed by atoms with van der Waals surface area (Å²) in [6.45, 7) is 7.10. The van der Waals surface area contributed by atoms with Gasteiger partial charge < -0.3 is 10.1 Å². The van der Waals surface area contributed by atoms with Gasteiger partial charge in [-0.3, -0.25) is 4.90 Å².